The minimum atomic E-state index is -0.501. The number of anilines is 1. The number of piperazine rings is 1. The highest BCUT2D eigenvalue weighted by molar-refractivity contribution is 6.03. The van der Waals surface area contributed by atoms with Gasteiger partial charge in [-0.3, -0.25) is 9.59 Å². The fourth-order valence-corrected chi connectivity index (χ4v) is 3.41. The molecule has 1 aliphatic heterocycles. The van der Waals surface area contributed by atoms with E-state index in [1.54, 1.807) is 48.1 Å². The Labute approximate surface area is 154 Å². The van der Waals surface area contributed by atoms with Crippen molar-refractivity contribution in [3.8, 4) is 5.75 Å². The number of carbonyl (C=O) groups is 2. The van der Waals surface area contributed by atoms with E-state index in [-0.39, 0.29) is 11.8 Å². The molecule has 0 aromatic heterocycles. The van der Waals surface area contributed by atoms with Crippen molar-refractivity contribution in [1.29, 1.82) is 0 Å². The molecule has 1 unspecified atom stereocenters. The van der Waals surface area contributed by atoms with Gasteiger partial charge >= 0.3 is 0 Å². The molecule has 0 radical (unpaired) electrons. The van der Waals surface area contributed by atoms with E-state index in [0.717, 1.165) is 16.8 Å². The van der Waals surface area contributed by atoms with E-state index in [4.69, 9.17) is 4.74 Å². The number of hydrogen-bond acceptors (Lipinski definition) is 3. The molecule has 0 saturated carbocycles. The van der Waals surface area contributed by atoms with Gasteiger partial charge < -0.3 is 14.5 Å². The fraction of sp³-hybridized carbons (Fsp3) is 0.333. The number of methoxy groups -OCH3 is 1. The van der Waals surface area contributed by atoms with Gasteiger partial charge in [-0.1, -0.05) is 6.07 Å². The van der Waals surface area contributed by atoms with Crippen LogP contribution in [0.25, 0.3) is 0 Å². The highest BCUT2D eigenvalue weighted by Gasteiger charge is 2.35. The predicted molar refractivity (Wildman–Crippen MR) is 102 cm³/mol. The standard InChI is InChI=1S/C21H24N2O3/c1-14-11-15(2)13-18(12-14)23-10-9-22(16(3)20(23)24)21(25)17-5-7-19(26-4)8-6-17/h5-8,11-13,16H,9-10H2,1-4H3. The van der Waals surface area contributed by atoms with Gasteiger partial charge in [0.2, 0.25) is 5.91 Å². The lowest BCUT2D eigenvalue weighted by molar-refractivity contribution is -0.124. The van der Waals surface area contributed by atoms with E-state index in [9.17, 15) is 9.59 Å². The summed E-state index contributed by atoms with van der Waals surface area (Å²) in [6, 6.07) is 12.6. The molecule has 1 heterocycles. The maximum atomic E-state index is 12.9. The smallest absolute Gasteiger partial charge is 0.254 e. The van der Waals surface area contributed by atoms with Crippen molar-refractivity contribution in [2.24, 2.45) is 0 Å². The Bertz CT molecular complexity index is 809. The summed E-state index contributed by atoms with van der Waals surface area (Å²) in [4.78, 5) is 29.2. The van der Waals surface area contributed by atoms with Crippen molar-refractivity contribution < 1.29 is 14.3 Å². The van der Waals surface area contributed by atoms with E-state index in [0.29, 0.717) is 24.4 Å². The summed E-state index contributed by atoms with van der Waals surface area (Å²) in [6.07, 6.45) is 0. The summed E-state index contributed by atoms with van der Waals surface area (Å²) >= 11 is 0. The van der Waals surface area contributed by atoms with Crippen LogP contribution in [0.3, 0.4) is 0 Å². The highest BCUT2D eigenvalue weighted by atomic mass is 16.5. The van der Waals surface area contributed by atoms with Crippen LogP contribution in [-0.4, -0.2) is 43.0 Å². The Morgan fingerprint density at radius 2 is 1.65 bits per heavy atom. The van der Waals surface area contributed by atoms with Crippen LogP contribution >= 0.6 is 0 Å². The first-order valence-corrected chi connectivity index (χ1v) is 8.75. The number of amides is 2. The molecule has 1 aliphatic rings. The first kappa shape index (κ1) is 18.0. The molecule has 0 spiro atoms. The van der Waals surface area contributed by atoms with Crippen molar-refractivity contribution in [2.75, 3.05) is 25.1 Å². The lowest BCUT2D eigenvalue weighted by Gasteiger charge is -2.39. The minimum absolute atomic E-state index is 0.0527. The second-order valence-corrected chi connectivity index (χ2v) is 6.74. The Hall–Kier alpha value is -2.82. The molecule has 1 atom stereocenters. The van der Waals surface area contributed by atoms with E-state index in [1.807, 2.05) is 26.0 Å². The van der Waals surface area contributed by atoms with Crippen molar-refractivity contribution in [3.63, 3.8) is 0 Å². The van der Waals surface area contributed by atoms with Crippen molar-refractivity contribution in [3.05, 3.63) is 59.2 Å². The molecule has 26 heavy (non-hydrogen) atoms. The third-order valence-electron chi connectivity index (χ3n) is 4.77. The molecule has 2 amide bonds. The number of hydrogen-bond donors (Lipinski definition) is 0. The van der Waals surface area contributed by atoms with E-state index < -0.39 is 6.04 Å². The Morgan fingerprint density at radius 3 is 2.23 bits per heavy atom. The minimum Gasteiger partial charge on any atom is -0.497 e. The maximum Gasteiger partial charge on any atom is 0.254 e. The van der Waals surface area contributed by atoms with E-state index in [2.05, 4.69) is 6.07 Å². The normalized spacial score (nSPS) is 17.4. The number of ether oxygens (including phenoxy) is 1. The van der Waals surface area contributed by atoms with Crippen LogP contribution in [0, 0.1) is 13.8 Å². The molecule has 0 bridgehead atoms. The lowest BCUT2D eigenvalue weighted by Crippen LogP contribution is -2.57. The molecule has 1 saturated heterocycles. The SMILES string of the molecule is COc1ccc(C(=O)N2CCN(c3cc(C)cc(C)c3)C(=O)C2C)cc1. The molecular formula is C21H24N2O3. The van der Waals surface area contributed by atoms with Crippen LogP contribution in [-0.2, 0) is 4.79 Å². The van der Waals surface area contributed by atoms with Gasteiger partial charge in [0.05, 0.1) is 7.11 Å². The van der Waals surface area contributed by atoms with Crippen molar-refractivity contribution in [2.45, 2.75) is 26.8 Å². The van der Waals surface area contributed by atoms with E-state index in [1.165, 1.54) is 0 Å². The maximum absolute atomic E-state index is 12.9. The summed E-state index contributed by atoms with van der Waals surface area (Å²) in [5.41, 5.74) is 3.70. The monoisotopic (exact) mass is 352 g/mol. The van der Waals surface area contributed by atoms with Gasteiger partial charge in [0.1, 0.15) is 11.8 Å². The molecule has 0 N–H and O–H groups in total. The summed E-state index contributed by atoms with van der Waals surface area (Å²) < 4.78 is 5.13. The average molecular weight is 352 g/mol. The van der Waals surface area contributed by atoms with E-state index >= 15 is 0 Å². The molecule has 5 heteroatoms. The van der Waals surface area contributed by atoms with Gasteiger partial charge in [0.15, 0.2) is 0 Å². The number of rotatable bonds is 3. The van der Waals surface area contributed by atoms with Gasteiger partial charge in [-0.15, -0.1) is 0 Å². The van der Waals surface area contributed by atoms with Gasteiger partial charge in [-0.2, -0.15) is 0 Å². The largest absolute Gasteiger partial charge is 0.497 e. The third-order valence-corrected chi connectivity index (χ3v) is 4.77. The number of aryl methyl sites for hydroxylation is 2. The number of carbonyl (C=O) groups excluding carboxylic acids is 2. The lowest BCUT2D eigenvalue weighted by atomic mass is 10.1. The highest BCUT2D eigenvalue weighted by Crippen LogP contribution is 2.24. The molecule has 2 aromatic carbocycles. The van der Waals surface area contributed by atoms with Gasteiger partial charge in [-0.05, 0) is 68.3 Å². The van der Waals surface area contributed by atoms with Gasteiger partial charge in [0.25, 0.3) is 5.91 Å². The summed E-state index contributed by atoms with van der Waals surface area (Å²) in [6.45, 7) is 6.83. The van der Waals surface area contributed by atoms with Crippen LogP contribution in [0.2, 0.25) is 0 Å². The summed E-state index contributed by atoms with van der Waals surface area (Å²) in [5, 5.41) is 0. The topological polar surface area (TPSA) is 49.9 Å². The average Bonchev–Trinajstić information content (AvgIpc) is 2.62. The van der Waals surface area contributed by atoms with Gasteiger partial charge in [0, 0.05) is 24.3 Å². The molecule has 136 valence electrons. The molecular weight excluding hydrogens is 328 g/mol. The predicted octanol–water partition coefficient (Wildman–Crippen LogP) is 3.19. The zero-order valence-corrected chi connectivity index (χ0v) is 15.7. The van der Waals surface area contributed by atoms with Crippen molar-refractivity contribution >= 4 is 17.5 Å². The van der Waals surface area contributed by atoms with Crippen LogP contribution in [0.5, 0.6) is 5.75 Å². The van der Waals surface area contributed by atoms with Crippen LogP contribution in [0.1, 0.15) is 28.4 Å². The Balaban J connectivity index is 1.79. The molecule has 3 rings (SSSR count). The number of benzene rings is 2. The van der Waals surface area contributed by atoms with Crippen LogP contribution < -0.4 is 9.64 Å². The first-order chi connectivity index (χ1) is 12.4. The van der Waals surface area contributed by atoms with Gasteiger partial charge in [-0.25, -0.2) is 0 Å². The third kappa shape index (κ3) is 3.43. The zero-order chi connectivity index (χ0) is 18.8. The summed E-state index contributed by atoms with van der Waals surface area (Å²) in [5.74, 6) is 0.516. The molecule has 1 fully saturated rings. The first-order valence-electron chi connectivity index (χ1n) is 8.75. The molecule has 2 aromatic rings. The van der Waals surface area contributed by atoms with Crippen LogP contribution in [0.15, 0.2) is 42.5 Å². The Kier molecular flexibility index (Phi) is 4.98. The quantitative estimate of drug-likeness (QED) is 0.852. The van der Waals surface area contributed by atoms with Crippen LogP contribution in [0.4, 0.5) is 5.69 Å². The second-order valence-electron chi connectivity index (χ2n) is 6.74. The molecule has 5 nitrogen and oxygen atoms in total. The molecule has 0 aliphatic carbocycles. The zero-order valence-electron chi connectivity index (χ0n) is 15.7. The Morgan fingerprint density at radius 1 is 1.04 bits per heavy atom. The number of nitrogens with zero attached hydrogens (tertiary/aromatic N) is 2. The summed E-state index contributed by atoms with van der Waals surface area (Å²) in [7, 11) is 1.59. The van der Waals surface area contributed by atoms with Crippen molar-refractivity contribution in [1.82, 2.24) is 4.90 Å². The second kappa shape index (κ2) is 7.20. The fourth-order valence-electron chi connectivity index (χ4n) is 3.41.